The molecule has 1 aromatic heterocycles. The Balaban J connectivity index is 1.61. The number of nitrogens with zero attached hydrogens (tertiary/aromatic N) is 1. The summed E-state index contributed by atoms with van der Waals surface area (Å²) in [6, 6.07) is 7.47. The second-order valence-corrected chi connectivity index (χ2v) is 5.88. The lowest BCUT2D eigenvalue weighted by Gasteiger charge is -2.35. The number of esters is 1. The largest absolute Gasteiger partial charge is 0.452 e. The molecule has 2 heterocycles. The van der Waals surface area contributed by atoms with Crippen LogP contribution in [0.1, 0.15) is 24.2 Å². The molecule has 1 aliphatic rings. The zero-order valence-corrected chi connectivity index (χ0v) is 13.2. The fourth-order valence-corrected chi connectivity index (χ4v) is 2.92. The lowest BCUT2D eigenvalue weighted by Crippen LogP contribution is -2.49. The Kier molecular flexibility index (Phi) is 4.34. The van der Waals surface area contributed by atoms with Crippen molar-refractivity contribution in [3.8, 4) is 0 Å². The molecule has 6 nitrogen and oxygen atoms in total. The number of nitrogens with one attached hydrogen (secondary N) is 1. The van der Waals surface area contributed by atoms with Crippen LogP contribution in [0.15, 0.2) is 30.5 Å². The van der Waals surface area contributed by atoms with Crippen molar-refractivity contribution in [3.63, 3.8) is 0 Å². The van der Waals surface area contributed by atoms with Gasteiger partial charge in [-0.2, -0.15) is 0 Å². The van der Waals surface area contributed by atoms with E-state index in [-0.39, 0.29) is 24.7 Å². The Morgan fingerprint density at radius 1 is 1.26 bits per heavy atom. The van der Waals surface area contributed by atoms with Gasteiger partial charge in [-0.05, 0) is 19.9 Å². The molecule has 122 valence electrons. The van der Waals surface area contributed by atoms with Crippen LogP contribution in [-0.2, 0) is 14.3 Å². The van der Waals surface area contributed by atoms with Crippen molar-refractivity contribution >= 4 is 22.8 Å². The van der Waals surface area contributed by atoms with Gasteiger partial charge in [0.1, 0.15) is 0 Å². The number of benzene rings is 1. The van der Waals surface area contributed by atoms with Crippen LogP contribution in [0.4, 0.5) is 0 Å². The second kappa shape index (κ2) is 6.42. The average molecular weight is 316 g/mol. The lowest BCUT2D eigenvalue weighted by molar-refractivity contribution is -0.146. The molecular formula is C17H20N2O4. The van der Waals surface area contributed by atoms with Crippen LogP contribution in [0.2, 0.25) is 0 Å². The maximum Gasteiger partial charge on any atom is 0.340 e. The van der Waals surface area contributed by atoms with Gasteiger partial charge in [0.15, 0.2) is 6.61 Å². The van der Waals surface area contributed by atoms with Gasteiger partial charge < -0.3 is 19.4 Å². The molecule has 1 aliphatic heterocycles. The van der Waals surface area contributed by atoms with Crippen molar-refractivity contribution in [1.82, 2.24) is 9.88 Å². The third-order valence-electron chi connectivity index (χ3n) is 3.91. The standard InChI is InChI=1S/C17H20N2O4/c1-11-8-19(9-12(2)23-11)16(20)10-22-17(21)14-7-18-15-6-4-3-5-13(14)15/h3-7,11-12,18H,8-10H2,1-2H3/t11-,12+. The molecule has 0 spiro atoms. The van der Waals surface area contributed by atoms with Crippen LogP contribution < -0.4 is 0 Å². The molecule has 1 amide bonds. The summed E-state index contributed by atoms with van der Waals surface area (Å²) in [6.45, 7) is 4.64. The highest BCUT2D eigenvalue weighted by molar-refractivity contribution is 6.04. The maximum atomic E-state index is 12.2. The van der Waals surface area contributed by atoms with Gasteiger partial charge in [-0.3, -0.25) is 4.79 Å². The van der Waals surface area contributed by atoms with Crippen molar-refractivity contribution in [3.05, 3.63) is 36.0 Å². The number of ether oxygens (including phenoxy) is 2. The molecule has 6 heteroatoms. The number of fused-ring (bicyclic) bond motifs is 1. The zero-order chi connectivity index (χ0) is 16.4. The number of rotatable bonds is 3. The summed E-state index contributed by atoms with van der Waals surface area (Å²) in [5.41, 5.74) is 1.30. The van der Waals surface area contributed by atoms with Crippen molar-refractivity contribution in [1.29, 1.82) is 0 Å². The molecule has 1 aromatic carbocycles. The Labute approximate surface area is 134 Å². The van der Waals surface area contributed by atoms with E-state index in [0.717, 1.165) is 10.9 Å². The van der Waals surface area contributed by atoms with Gasteiger partial charge in [-0.1, -0.05) is 18.2 Å². The fraction of sp³-hybridized carbons (Fsp3) is 0.412. The summed E-state index contributed by atoms with van der Waals surface area (Å²) in [7, 11) is 0. The van der Waals surface area contributed by atoms with E-state index in [1.54, 1.807) is 11.1 Å². The number of carbonyl (C=O) groups excluding carboxylic acids is 2. The van der Waals surface area contributed by atoms with Crippen molar-refractivity contribution in [2.45, 2.75) is 26.1 Å². The minimum Gasteiger partial charge on any atom is -0.452 e. The number of aromatic nitrogens is 1. The normalized spacial score (nSPS) is 21.4. The summed E-state index contributed by atoms with van der Waals surface area (Å²) < 4.78 is 10.8. The fourth-order valence-electron chi connectivity index (χ4n) is 2.92. The van der Waals surface area contributed by atoms with E-state index in [2.05, 4.69) is 4.98 Å². The minimum atomic E-state index is -0.495. The predicted molar refractivity (Wildman–Crippen MR) is 85.2 cm³/mol. The number of amides is 1. The number of carbonyl (C=O) groups is 2. The van der Waals surface area contributed by atoms with E-state index in [4.69, 9.17) is 9.47 Å². The van der Waals surface area contributed by atoms with Crippen molar-refractivity contribution in [2.75, 3.05) is 19.7 Å². The highest BCUT2D eigenvalue weighted by Gasteiger charge is 2.26. The molecule has 0 saturated carbocycles. The third kappa shape index (κ3) is 3.37. The number of para-hydroxylation sites is 1. The van der Waals surface area contributed by atoms with Crippen LogP contribution in [0.3, 0.4) is 0 Å². The minimum absolute atomic E-state index is 0.00739. The SMILES string of the molecule is C[C@@H]1CN(C(=O)COC(=O)c2c[nH]c3ccccc23)C[C@H](C)O1. The zero-order valence-electron chi connectivity index (χ0n) is 13.2. The smallest absolute Gasteiger partial charge is 0.340 e. The van der Waals surface area contributed by atoms with Crippen LogP contribution >= 0.6 is 0 Å². The molecule has 3 rings (SSSR count). The number of aromatic amines is 1. The van der Waals surface area contributed by atoms with Gasteiger partial charge in [0.25, 0.3) is 5.91 Å². The summed E-state index contributed by atoms with van der Waals surface area (Å²) in [6.07, 6.45) is 1.59. The highest BCUT2D eigenvalue weighted by Crippen LogP contribution is 2.18. The maximum absolute atomic E-state index is 12.2. The summed E-state index contributed by atoms with van der Waals surface area (Å²) in [5, 5.41) is 0.790. The molecular weight excluding hydrogens is 296 g/mol. The highest BCUT2D eigenvalue weighted by atomic mass is 16.5. The van der Waals surface area contributed by atoms with Crippen LogP contribution in [0, 0.1) is 0 Å². The average Bonchev–Trinajstić information content (AvgIpc) is 2.95. The van der Waals surface area contributed by atoms with Crippen LogP contribution in [0.25, 0.3) is 10.9 Å². The van der Waals surface area contributed by atoms with Crippen LogP contribution in [0.5, 0.6) is 0 Å². The second-order valence-electron chi connectivity index (χ2n) is 5.88. The van der Waals surface area contributed by atoms with E-state index in [1.165, 1.54) is 0 Å². The Hall–Kier alpha value is -2.34. The summed E-state index contributed by atoms with van der Waals surface area (Å²) in [4.78, 5) is 29.1. The van der Waals surface area contributed by atoms with Gasteiger partial charge in [0, 0.05) is 30.2 Å². The lowest BCUT2D eigenvalue weighted by atomic mass is 10.2. The topological polar surface area (TPSA) is 71.6 Å². The first-order valence-corrected chi connectivity index (χ1v) is 7.71. The van der Waals surface area contributed by atoms with E-state index >= 15 is 0 Å². The Morgan fingerprint density at radius 3 is 2.70 bits per heavy atom. The summed E-state index contributed by atoms with van der Waals surface area (Å²) in [5.74, 6) is -0.689. The summed E-state index contributed by atoms with van der Waals surface area (Å²) >= 11 is 0. The van der Waals surface area contributed by atoms with E-state index in [0.29, 0.717) is 18.7 Å². The Morgan fingerprint density at radius 2 is 1.96 bits per heavy atom. The van der Waals surface area contributed by atoms with E-state index < -0.39 is 5.97 Å². The predicted octanol–water partition coefficient (Wildman–Crippen LogP) is 1.96. The van der Waals surface area contributed by atoms with Crippen LogP contribution in [-0.4, -0.2) is 53.7 Å². The molecule has 0 radical (unpaired) electrons. The molecule has 1 saturated heterocycles. The quantitative estimate of drug-likeness (QED) is 0.879. The number of H-pyrrole nitrogens is 1. The molecule has 0 unspecified atom stereocenters. The van der Waals surface area contributed by atoms with Gasteiger partial charge in [-0.15, -0.1) is 0 Å². The molecule has 1 N–H and O–H groups in total. The number of hydrogen-bond acceptors (Lipinski definition) is 4. The van der Waals surface area contributed by atoms with E-state index in [1.807, 2.05) is 38.1 Å². The van der Waals surface area contributed by atoms with Gasteiger partial charge in [0.05, 0.1) is 17.8 Å². The molecule has 2 aromatic rings. The van der Waals surface area contributed by atoms with Gasteiger partial charge in [-0.25, -0.2) is 4.79 Å². The van der Waals surface area contributed by atoms with E-state index in [9.17, 15) is 9.59 Å². The molecule has 1 fully saturated rings. The van der Waals surface area contributed by atoms with Crippen molar-refractivity contribution in [2.24, 2.45) is 0 Å². The number of hydrogen-bond donors (Lipinski definition) is 1. The Bertz CT molecular complexity index is 714. The molecule has 0 aliphatic carbocycles. The van der Waals surface area contributed by atoms with Crippen molar-refractivity contribution < 1.29 is 19.1 Å². The molecule has 23 heavy (non-hydrogen) atoms. The number of morpholine rings is 1. The molecule has 0 bridgehead atoms. The first-order chi connectivity index (χ1) is 11.0. The first-order valence-electron chi connectivity index (χ1n) is 7.71. The third-order valence-corrected chi connectivity index (χ3v) is 3.91. The first kappa shape index (κ1) is 15.6. The molecule has 2 atom stereocenters. The van der Waals surface area contributed by atoms with Gasteiger partial charge in [0.2, 0.25) is 0 Å². The monoisotopic (exact) mass is 316 g/mol. The van der Waals surface area contributed by atoms with Gasteiger partial charge >= 0.3 is 5.97 Å².